The summed E-state index contributed by atoms with van der Waals surface area (Å²) in [4.78, 5) is 10.5. The predicted molar refractivity (Wildman–Crippen MR) is 281 cm³/mol. The molecular formula is C63H41N5. The quantitative estimate of drug-likeness (QED) is 0.153. The second kappa shape index (κ2) is 16.4. The van der Waals surface area contributed by atoms with Gasteiger partial charge < -0.3 is 4.57 Å². The third kappa shape index (κ3) is 6.76. The van der Waals surface area contributed by atoms with E-state index in [1.165, 1.54) is 21.8 Å². The molecule has 0 amide bonds. The Morgan fingerprint density at radius 3 is 1.47 bits per heavy atom. The normalized spacial score (nSPS) is 11.5. The Morgan fingerprint density at radius 1 is 0.324 bits per heavy atom. The molecule has 68 heavy (non-hydrogen) atoms. The first kappa shape index (κ1) is 39.2. The van der Waals surface area contributed by atoms with Gasteiger partial charge in [-0.15, -0.1) is 0 Å². The van der Waals surface area contributed by atoms with Crippen molar-refractivity contribution in [3.05, 3.63) is 249 Å². The molecule has 0 aliphatic rings. The van der Waals surface area contributed by atoms with Gasteiger partial charge in [-0.05, 0) is 70.6 Å². The molecule has 9 aromatic carbocycles. The van der Waals surface area contributed by atoms with Crippen molar-refractivity contribution in [1.29, 1.82) is 0 Å². The van der Waals surface area contributed by atoms with Gasteiger partial charge in [0.25, 0.3) is 0 Å². The molecule has 0 aliphatic heterocycles. The summed E-state index contributed by atoms with van der Waals surface area (Å²) in [5, 5.41) is 10.2. The topological polar surface area (TPSA) is 48.0 Å². The van der Waals surface area contributed by atoms with E-state index >= 15 is 0 Å². The Morgan fingerprint density at radius 2 is 0.824 bits per heavy atom. The largest absolute Gasteiger partial charge is 0.309 e. The van der Waals surface area contributed by atoms with Crippen LogP contribution in [0.4, 0.5) is 0 Å². The number of pyridine rings is 1. The summed E-state index contributed by atoms with van der Waals surface area (Å²) < 4.78 is 4.50. The number of hydrogen-bond acceptors (Lipinski definition) is 3. The number of rotatable bonds is 8. The minimum Gasteiger partial charge on any atom is -0.309 e. The maximum absolute atomic E-state index is 5.45. The number of aromatic nitrogens is 5. The summed E-state index contributed by atoms with van der Waals surface area (Å²) in [6.07, 6.45) is 0. The summed E-state index contributed by atoms with van der Waals surface area (Å²) in [5.74, 6) is 0.667. The van der Waals surface area contributed by atoms with Crippen molar-refractivity contribution in [1.82, 2.24) is 24.1 Å². The monoisotopic (exact) mass is 867 g/mol. The molecule has 4 heterocycles. The van der Waals surface area contributed by atoms with Crippen molar-refractivity contribution in [3.63, 3.8) is 0 Å². The molecule has 13 rings (SSSR count). The van der Waals surface area contributed by atoms with Crippen LogP contribution in [0.5, 0.6) is 0 Å². The van der Waals surface area contributed by atoms with Crippen LogP contribution in [0.1, 0.15) is 0 Å². The average Bonchev–Trinajstić information content (AvgIpc) is 3.99. The van der Waals surface area contributed by atoms with Gasteiger partial charge in [-0.2, -0.15) is 5.10 Å². The van der Waals surface area contributed by atoms with E-state index in [4.69, 9.17) is 15.1 Å². The van der Waals surface area contributed by atoms with Crippen LogP contribution in [0.3, 0.4) is 0 Å². The van der Waals surface area contributed by atoms with Gasteiger partial charge in [0, 0.05) is 55.2 Å². The van der Waals surface area contributed by atoms with Gasteiger partial charge in [-0.25, -0.2) is 14.5 Å². The Labute approximate surface area is 393 Å². The van der Waals surface area contributed by atoms with Crippen LogP contribution < -0.4 is 0 Å². The standard InChI is InChI=1S/C63H41N5/c1-5-18-42(19-6-1)55-41-56(43-34-36-51(37-35-43)67-57-30-15-13-28-52(57)53-29-14-16-31-58(53)67)65-63(64-55)50-27-17-26-47(38-50)48-32-33-49-40-59(44-20-7-2-8-21-44)68-62(54(49)39-48)60(45-22-9-3-10-23-45)61(66-68)46-24-11-4-12-25-46/h1-41H. The second-order valence-corrected chi connectivity index (χ2v) is 17.2. The third-order valence-corrected chi connectivity index (χ3v) is 13.1. The molecule has 0 fully saturated rings. The van der Waals surface area contributed by atoms with Crippen LogP contribution in [0, 0.1) is 0 Å². The van der Waals surface area contributed by atoms with E-state index in [2.05, 4.69) is 252 Å². The zero-order valence-corrected chi connectivity index (χ0v) is 36.9. The molecule has 318 valence electrons. The van der Waals surface area contributed by atoms with E-state index in [1.807, 2.05) is 6.07 Å². The van der Waals surface area contributed by atoms with Crippen LogP contribution >= 0.6 is 0 Å². The smallest absolute Gasteiger partial charge is 0.160 e. The lowest BCUT2D eigenvalue weighted by molar-refractivity contribution is 0.979. The SMILES string of the molecule is c1ccc(-c2cc(-c3ccc(-n4c5ccccc5c5ccccc54)cc3)nc(-c3cccc(-c4ccc5cc(-c6ccccc6)n6nc(-c7ccccc7)c(-c7ccccc7)c6c5c4)c3)n2)cc1. The van der Waals surface area contributed by atoms with Crippen molar-refractivity contribution in [2.75, 3.05) is 0 Å². The molecule has 0 aliphatic carbocycles. The van der Waals surface area contributed by atoms with E-state index in [0.717, 1.165) is 94.8 Å². The van der Waals surface area contributed by atoms with E-state index in [1.54, 1.807) is 0 Å². The molecule has 13 aromatic rings. The highest BCUT2D eigenvalue weighted by molar-refractivity contribution is 6.10. The van der Waals surface area contributed by atoms with Crippen LogP contribution in [0.15, 0.2) is 249 Å². The molecule has 0 N–H and O–H groups in total. The highest BCUT2D eigenvalue weighted by Crippen LogP contribution is 2.42. The third-order valence-electron chi connectivity index (χ3n) is 13.1. The molecular weight excluding hydrogens is 827 g/mol. The molecule has 0 radical (unpaired) electrons. The predicted octanol–water partition coefficient (Wildman–Crippen LogP) is 16.0. The number of hydrogen-bond donors (Lipinski definition) is 0. The highest BCUT2D eigenvalue weighted by Gasteiger charge is 2.22. The Balaban J connectivity index is 0.953. The maximum Gasteiger partial charge on any atom is 0.160 e. The van der Waals surface area contributed by atoms with Gasteiger partial charge in [0.15, 0.2) is 5.82 Å². The van der Waals surface area contributed by atoms with Crippen LogP contribution in [-0.4, -0.2) is 24.1 Å². The lowest BCUT2D eigenvalue weighted by Gasteiger charge is -2.13. The number of fused-ring (bicyclic) bond motifs is 6. The Bertz CT molecular complexity index is 3930. The maximum atomic E-state index is 5.45. The van der Waals surface area contributed by atoms with Crippen molar-refractivity contribution >= 4 is 38.1 Å². The summed E-state index contributed by atoms with van der Waals surface area (Å²) in [7, 11) is 0. The zero-order chi connectivity index (χ0) is 45.0. The summed E-state index contributed by atoms with van der Waals surface area (Å²) in [6, 6.07) is 88.0. The van der Waals surface area contributed by atoms with E-state index in [0.29, 0.717) is 5.82 Å². The molecule has 0 unspecified atom stereocenters. The number of benzene rings is 9. The van der Waals surface area contributed by atoms with Gasteiger partial charge in [-0.1, -0.05) is 200 Å². The molecule has 0 spiro atoms. The zero-order valence-electron chi connectivity index (χ0n) is 36.9. The molecule has 0 saturated carbocycles. The van der Waals surface area contributed by atoms with Crippen molar-refractivity contribution in [2.24, 2.45) is 0 Å². The molecule has 0 saturated heterocycles. The second-order valence-electron chi connectivity index (χ2n) is 17.2. The van der Waals surface area contributed by atoms with Gasteiger partial charge in [-0.3, -0.25) is 0 Å². The minimum atomic E-state index is 0.667. The van der Waals surface area contributed by atoms with E-state index < -0.39 is 0 Å². The first-order valence-electron chi connectivity index (χ1n) is 23.0. The molecule has 0 bridgehead atoms. The van der Waals surface area contributed by atoms with Crippen LogP contribution in [0.2, 0.25) is 0 Å². The average molecular weight is 868 g/mol. The Kier molecular flexibility index (Phi) is 9.43. The highest BCUT2D eigenvalue weighted by atomic mass is 15.2. The number of nitrogens with zero attached hydrogens (tertiary/aromatic N) is 5. The summed E-state index contributed by atoms with van der Waals surface area (Å²) in [6.45, 7) is 0. The van der Waals surface area contributed by atoms with Crippen molar-refractivity contribution < 1.29 is 0 Å². The Hall–Kier alpha value is -9.19. The summed E-state index contributed by atoms with van der Waals surface area (Å²) in [5.41, 5.74) is 17.8. The van der Waals surface area contributed by atoms with Gasteiger partial charge >= 0.3 is 0 Å². The molecule has 5 heteroatoms. The fourth-order valence-electron chi connectivity index (χ4n) is 9.91. The van der Waals surface area contributed by atoms with Gasteiger partial charge in [0.2, 0.25) is 0 Å². The lowest BCUT2D eigenvalue weighted by atomic mass is 9.94. The molecule has 0 atom stereocenters. The molecule has 4 aromatic heterocycles. The number of para-hydroxylation sites is 2. The van der Waals surface area contributed by atoms with E-state index in [-0.39, 0.29) is 0 Å². The van der Waals surface area contributed by atoms with Gasteiger partial charge in [0.1, 0.15) is 5.69 Å². The van der Waals surface area contributed by atoms with Crippen LogP contribution in [-0.2, 0) is 0 Å². The van der Waals surface area contributed by atoms with Crippen LogP contribution in [0.25, 0.3) is 122 Å². The minimum absolute atomic E-state index is 0.667. The fourth-order valence-corrected chi connectivity index (χ4v) is 9.91. The first-order valence-corrected chi connectivity index (χ1v) is 23.0. The lowest BCUT2D eigenvalue weighted by Crippen LogP contribution is -1.97. The van der Waals surface area contributed by atoms with Gasteiger partial charge in [0.05, 0.1) is 33.6 Å². The van der Waals surface area contributed by atoms with Crippen molar-refractivity contribution in [2.45, 2.75) is 0 Å². The summed E-state index contributed by atoms with van der Waals surface area (Å²) >= 11 is 0. The van der Waals surface area contributed by atoms with Crippen molar-refractivity contribution in [3.8, 4) is 84.4 Å². The van der Waals surface area contributed by atoms with E-state index in [9.17, 15) is 0 Å². The first-order chi connectivity index (χ1) is 33.7. The molecule has 5 nitrogen and oxygen atoms in total. The fraction of sp³-hybridized carbons (Fsp3) is 0.